The molecule has 1 aliphatic carbocycles. The number of anilines is 1. The molecule has 32 heavy (non-hydrogen) atoms. The molecule has 2 N–H and O–H groups in total. The molecule has 2 aromatic rings. The first-order valence-electron chi connectivity index (χ1n) is 11.3. The Balaban J connectivity index is 1.43. The first-order valence-corrected chi connectivity index (χ1v) is 11.3. The van der Waals surface area contributed by atoms with E-state index in [4.69, 9.17) is 10.4 Å². The third kappa shape index (κ3) is 4.24. The lowest BCUT2D eigenvalue weighted by atomic mass is 9.75. The van der Waals surface area contributed by atoms with Gasteiger partial charge < -0.3 is 20.2 Å². The number of nitrogens with zero attached hydrogens (tertiary/aromatic N) is 6. The molecule has 4 rings (SSSR count). The number of carbonyl (C=O) groups excluding carboxylic acids is 1. The molecular formula is C23H32N8O. The summed E-state index contributed by atoms with van der Waals surface area (Å²) in [7, 11) is 0. The molecule has 9 heteroatoms. The zero-order valence-electron chi connectivity index (χ0n) is 19.2. The molecule has 3 heterocycles. The predicted molar refractivity (Wildman–Crippen MR) is 125 cm³/mol. The Labute approximate surface area is 189 Å². The molecule has 0 unspecified atom stereocenters. The summed E-state index contributed by atoms with van der Waals surface area (Å²) in [6.07, 6.45) is 6.87. The zero-order chi connectivity index (χ0) is 22.8. The van der Waals surface area contributed by atoms with Crippen molar-refractivity contribution >= 4 is 18.1 Å². The number of aromatic nitrogens is 4. The molecule has 2 aromatic heterocycles. The number of amides is 2. The van der Waals surface area contributed by atoms with Gasteiger partial charge in [0, 0.05) is 43.6 Å². The van der Waals surface area contributed by atoms with Crippen LogP contribution in [0.1, 0.15) is 46.6 Å². The fourth-order valence-electron chi connectivity index (χ4n) is 4.26. The SMILES string of the molecule is CC(C)N/C=C(\C=N)C1CC(N2CCN(c3cccc(-c4nncn4C(C)C)n3)C2=O)C1. The summed E-state index contributed by atoms with van der Waals surface area (Å²) < 4.78 is 1.97. The number of rotatable bonds is 8. The van der Waals surface area contributed by atoms with Crippen LogP contribution in [0, 0.1) is 11.3 Å². The van der Waals surface area contributed by atoms with Gasteiger partial charge in [-0.1, -0.05) is 6.07 Å². The van der Waals surface area contributed by atoms with Crippen LogP contribution >= 0.6 is 0 Å². The molecule has 0 aromatic carbocycles. The van der Waals surface area contributed by atoms with Gasteiger partial charge in [-0.3, -0.25) is 4.90 Å². The van der Waals surface area contributed by atoms with Gasteiger partial charge in [-0.25, -0.2) is 9.78 Å². The minimum atomic E-state index is 0.00381. The number of hydrogen-bond acceptors (Lipinski definition) is 6. The highest BCUT2D eigenvalue weighted by molar-refractivity contribution is 5.93. The Hall–Kier alpha value is -3.23. The number of carbonyl (C=O) groups is 1. The summed E-state index contributed by atoms with van der Waals surface area (Å²) in [5.41, 5.74) is 1.71. The van der Waals surface area contributed by atoms with Crippen molar-refractivity contribution in [2.24, 2.45) is 5.92 Å². The predicted octanol–water partition coefficient (Wildman–Crippen LogP) is 3.47. The molecule has 0 radical (unpaired) electrons. The quantitative estimate of drug-likeness (QED) is 0.617. The number of nitrogens with one attached hydrogen (secondary N) is 2. The molecule has 2 aliphatic rings. The van der Waals surface area contributed by atoms with Crippen LogP contribution in [0.15, 0.2) is 36.3 Å². The minimum absolute atomic E-state index is 0.00381. The number of hydrogen-bond donors (Lipinski definition) is 2. The normalized spacial score (nSPS) is 21.4. The van der Waals surface area contributed by atoms with Crippen molar-refractivity contribution in [2.75, 3.05) is 18.0 Å². The molecule has 1 aliphatic heterocycles. The molecule has 0 atom stereocenters. The maximum Gasteiger partial charge on any atom is 0.326 e. The van der Waals surface area contributed by atoms with E-state index in [2.05, 4.69) is 43.2 Å². The maximum absolute atomic E-state index is 13.2. The van der Waals surface area contributed by atoms with Gasteiger partial charge in [0.05, 0.1) is 0 Å². The molecule has 1 saturated carbocycles. The molecule has 0 spiro atoms. The van der Waals surface area contributed by atoms with Crippen LogP contribution in [0.25, 0.3) is 11.5 Å². The highest BCUT2D eigenvalue weighted by Gasteiger charge is 2.42. The van der Waals surface area contributed by atoms with Gasteiger partial charge in [0.15, 0.2) is 5.82 Å². The second kappa shape index (κ2) is 9.10. The molecular weight excluding hydrogens is 404 g/mol. The van der Waals surface area contributed by atoms with Crippen molar-refractivity contribution in [2.45, 2.75) is 58.7 Å². The minimum Gasteiger partial charge on any atom is -0.388 e. The van der Waals surface area contributed by atoms with E-state index in [1.807, 2.05) is 33.9 Å². The monoisotopic (exact) mass is 436 g/mol. The lowest BCUT2D eigenvalue weighted by molar-refractivity contribution is 0.135. The van der Waals surface area contributed by atoms with E-state index >= 15 is 0 Å². The van der Waals surface area contributed by atoms with Crippen LogP contribution in [-0.4, -0.2) is 62.1 Å². The molecule has 0 bridgehead atoms. The Kier molecular flexibility index (Phi) is 6.25. The second-order valence-electron chi connectivity index (χ2n) is 9.10. The van der Waals surface area contributed by atoms with E-state index < -0.39 is 0 Å². The van der Waals surface area contributed by atoms with E-state index in [1.54, 1.807) is 11.2 Å². The summed E-state index contributed by atoms with van der Waals surface area (Å²) in [6.45, 7) is 9.61. The Morgan fingerprint density at radius 3 is 2.69 bits per heavy atom. The second-order valence-corrected chi connectivity index (χ2v) is 9.10. The van der Waals surface area contributed by atoms with Gasteiger partial charge in [0.1, 0.15) is 17.8 Å². The third-order valence-electron chi connectivity index (χ3n) is 6.19. The Morgan fingerprint density at radius 2 is 2.00 bits per heavy atom. The van der Waals surface area contributed by atoms with Crippen molar-refractivity contribution in [3.05, 3.63) is 36.3 Å². The topological polar surface area (TPSA) is 103 Å². The van der Waals surface area contributed by atoms with Gasteiger partial charge in [-0.2, -0.15) is 0 Å². The highest BCUT2D eigenvalue weighted by atomic mass is 16.2. The number of pyridine rings is 1. The summed E-state index contributed by atoms with van der Waals surface area (Å²) in [5, 5.41) is 19.2. The van der Waals surface area contributed by atoms with Gasteiger partial charge in [0.2, 0.25) is 0 Å². The summed E-state index contributed by atoms with van der Waals surface area (Å²) in [5.74, 6) is 1.67. The highest BCUT2D eigenvalue weighted by Crippen LogP contribution is 2.38. The van der Waals surface area contributed by atoms with E-state index in [1.165, 1.54) is 6.21 Å². The third-order valence-corrected chi connectivity index (χ3v) is 6.19. The Morgan fingerprint density at radius 1 is 1.22 bits per heavy atom. The van der Waals surface area contributed by atoms with Crippen molar-refractivity contribution in [1.82, 2.24) is 30.0 Å². The molecule has 9 nitrogen and oxygen atoms in total. The fraction of sp³-hybridized carbons (Fsp3) is 0.522. The van der Waals surface area contributed by atoms with Crippen LogP contribution in [0.2, 0.25) is 0 Å². The Bertz CT molecular complexity index is 1000. The number of urea groups is 1. The smallest absolute Gasteiger partial charge is 0.326 e. The van der Waals surface area contributed by atoms with Gasteiger partial charge in [0.25, 0.3) is 0 Å². The van der Waals surface area contributed by atoms with Crippen LogP contribution in [0.4, 0.5) is 10.6 Å². The van der Waals surface area contributed by atoms with Gasteiger partial charge in [-0.15, -0.1) is 10.2 Å². The van der Waals surface area contributed by atoms with Crippen LogP contribution in [0.3, 0.4) is 0 Å². The summed E-state index contributed by atoms with van der Waals surface area (Å²) in [4.78, 5) is 21.6. The van der Waals surface area contributed by atoms with Crippen molar-refractivity contribution in [3.63, 3.8) is 0 Å². The van der Waals surface area contributed by atoms with E-state index in [0.717, 1.165) is 18.4 Å². The summed E-state index contributed by atoms with van der Waals surface area (Å²) in [6, 6.07) is 6.46. The zero-order valence-corrected chi connectivity index (χ0v) is 19.2. The van der Waals surface area contributed by atoms with Crippen LogP contribution in [-0.2, 0) is 0 Å². The summed E-state index contributed by atoms with van der Waals surface area (Å²) >= 11 is 0. The molecule has 2 fully saturated rings. The van der Waals surface area contributed by atoms with Crippen molar-refractivity contribution in [1.29, 1.82) is 5.41 Å². The van der Waals surface area contributed by atoms with Crippen LogP contribution in [0.5, 0.6) is 0 Å². The largest absolute Gasteiger partial charge is 0.388 e. The van der Waals surface area contributed by atoms with Crippen LogP contribution < -0.4 is 10.2 Å². The van der Waals surface area contributed by atoms with Gasteiger partial charge in [-0.05, 0) is 64.2 Å². The first kappa shape index (κ1) is 22.0. The number of allylic oxidation sites excluding steroid dienone is 1. The standard InChI is InChI=1S/C23H32N8O/c1-15(2)25-13-18(12-24)17-10-19(11-17)29-8-9-30(23(29)32)21-7-5-6-20(27-21)22-28-26-14-31(22)16(3)4/h5-7,12-17,19,24-25H,8-11H2,1-4H3/b18-13+,24-12?. The first-order chi connectivity index (χ1) is 15.4. The molecule has 170 valence electrons. The fourth-order valence-corrected chi connectivity index (χ4v) is 4.26. The van der Waals surface area contributed by atoms with Crippen molar-refractivity contribution in [3.8, 4) is 11.5 Å². The average molecular weight is 437 g/mol. The lowest BCUT2D eigenvalue weighted by Crippen LogP contribution is -2.47. The van der Waals surface area contributed by atoms with Gasteiger partial charge >= 0.3 is 6.03 Å². The molecule has 1 saturated heterocycles. The molecule has 2 amide bonds. The van der Waals surface area contributed by atoms with E-state index in [9.17, 15) is 4.79 Å². The van der Waals surface area contributed by atoms with Crippen molar-refractivity contribution < 1.29 is 4.79 Å². The average Bonchev–Trinajstić information content (AvgIpc) is 3.37. The van der Waals surface area contributed by atoms with E-state index in [-0.39, 0.29) is 18.1 Å². The lowest BCUT2D eigenvalue weighted by Gasteiger charge is -2.41. The van der Waals surface area contributed by atoms with E-state index in [0.29, 0.717) is 42.4 Å². The maximum atomic E-state index is 13.2.